The quantitative estimate of drug-likeness (QED) is 0.944. The van der Waals surface area contributed by atoms with Gasteiger partial charge >= 0.3 is 0 Å². The van der Waals surface area contributed by atoms with Crippen LogP contribution in [0.5, 0.6) is 11.5 Å². The van der Waals surface area contributed by atoms with E-state index in [1.807, 2.05) is 12.1 Å². The monoisotopic (exact) mass is 289 g/mol. The molecule has 0 bridgehead atoms. The Morgan fingerprint density at radius 3 is 2.50 bits per heavy atom. The maximum Gasteiger partial charge on any atom is 0.238 e. The van der Waals surface area contributed by atoms with Crippen molar-refractivity contribution in [2.45, 2.75) is 24.2 Å². The average molecular weight is 289 g/mol. The van der Waals surface area contributed by atoms with Crippen LogP contribution in [0.2, 0.25) is 0 Å². The number of primary sulfonamides is 1. The molecule has 0 spiro atoms. The zero-order chi connectivity index (χ0) is 14.2. The molecule has 0 unspecified atom stereocenters. The van der Waals surface area contributed by atoms with Crippen molar-refractivity contribution >= 4 is 10.0 Å². The minimum absolute atomic E-state index is 0.0520. The van der Waals surface area contributed by atoms with Crippen LogP contribution in [-0.4, -0.2) is 8.42 Å². The van der Waals surface area contributed by atoms with Gasteiger partial charge in [-0.1, -0.05) is 12.1 Å². The highest BCUT2D eigenvalue weighted by Gasteiger charge is 2.12. The summed E-state index contributed by atoms with van der Waals surface area (Å²) in [4.78, 5) is 0.0520. The molecule has 5 heteroatoms. The number of hydrogen-bond acceptors (Lipinski definition) is 3. The van der Waals surface area contributed by atoms with E-state index in [9.17, 15) is 8.42 Å². The number of benzene rings is 2. The maximum absolute atomic E-state index is 11.3. The first-order valence-corrected chi connectivity index (χ1v) is 7.99. The Hall–Kier alpha value is -1.85. The number of fused-ring (bicyclic) bond motifs is 1. The predicted octanol–water partition coefficient (Wildman–Crippen LogP) is 2.62. The van der Waals surface area contributed by atoms with Crippen LogP contribution < -0.4 is 9.88 Å². The summed E-state index contributed by atoms with van der Waals surface area (Å²) in [7, 11) is -3.71. The van der Waals surface area contributed by atoms with Gasteiger partial charge in [0.1, 0.15) is 11.5 Å². The van der Waals surface area contributed by atoms with Gasteiger partial charge in [0.15, 0.2) is 0 Å². The topological polar surface area (TPSA) is 69.4 Å². The van der Waals surface area contributed by atoms with E-state index in [1.165, 1.54) is 29.7 Å². The summed E-state index contributed by atoms with van der Waals surface area (Å²) in [6, 6.07) is 12.2. The first-order valence-electron chi connectivity index (χ1n) is 6.45. The SMILES string of the molecule is NS(=O)(=O)c1cccc(Oc2ccc3c(c2)CCC3)c1. The molecule has 2 aromatic rings. The Balaban J connectivity index is 1.88. The molecule has 0 amide bonds. The lowest BCUT2D eigenvalue weighted by Gasteiger charge is -2.08. The Bertz CT molecular complexity index is 753. The molecule has 0 heterocycles. The number of rotatable bonds is 3. The second-order valence-corrected chi connectivity index (χ2v) is 6.47. The van der Waals surface area contributed by atoms with Gasteiger partial charge in [0, 0.05) is 6.07 Å². The smallest absolute Gasteiger partial charge is 0.238 e. The fourth-order valence-electron chi connectivity index (χ4n) is 2.46. The van der Waals surface area contributed by atoms with E-state index in [-0.39, 0.29) is 4.90 Å². The molecule has 0 aromatic heterocycles. The maximum atomic E-state index is 11.3. The molecule has 20 heavy (non-hydrogen) atoms. The lowest BCUT2D eigenvalue weighted by molar-refractivity contribution is 0.480. The minimum atomic E-state index is -3.71. The Morgan fingerprint density at radius 1 is 0.950 bits per heavy atom. The predicted molar refractivity (Wildman–Crippen MR) is 76.4 cm³/mol. The molecule has 0 fully saturated rings. The molecule has 0 atom stereocenters. The van der Waals surface area contributed by atoms with Crippen molar-refractivity contribution in [2.24, 2.45) is 5.14 Å². The number of sulfonamides is 1. The van der Waals surface area contributed by atoms with Crippen molar-refractivity contribution in [3.05, 3.63) is 53.6 Å². The summed E-state index contributed by atoms with van der Waals surface area (Å²) in [5.74, 6) is 1.19. The number of ether oxygens (including phenoxy) is 1. The van der Waals surface area contributed by atoms with Crippen molar-refractivity contribution in [1.29, 1.82) is 0 Å². The van der Waals surface area contributed by atoms with E-state index in [4.69, 9.17) is 9.88 Å². The largest absolute Gasteiger partial charge is 0.457 e. The van der Waals surface area contributed by atoms with Gasteiger partial charge in [0.25, 0.3) is 0 Å². The summed E-state index contributed by atoms with van der Waals surface area (Å²) >= 11 is 0. The fourth-order valence-corrected chi connectivity index (χ4v) is 3.01. The van der Waals surface area contributed by atoms with Crippen molar-refractivity contribution in [3.8, 4) is 11.5 Å². The molecule has 1 aliphatic carbocycles. The molecular formula is C15H15NO3S. The van der Waals surface area contributed by atoms with Crippen molar-refractivity contribution < 1.29 is 13.2 Å². The zero-order valence-corrected chi connectivity index (χ0v) is 11.7. The van der Waals surface area contributed by atoms with Crippen LogP contribution in [0.25, 0.3) is 0 Å². The van der Waals surface area contributed by atoms with E-state index < -0.39 is 10.0 Å². The first-order chi connectivity index (χ1) is 9.52. The fraction of sp³-hybridized carbons (Fsp3) is 0.200. The number of hydrogen-bond donors (Lipinski definition) is 1. The van der Waals surface area contributed by atoms with E-state index >= 15 is 0 Å². The van der Waals surface area contributed by atoms with Gasteiger partial charge in [0.05, 0.1) is 4.90 Å². The van der Waals surface area contributed by atoms with E-state index in [1.54, 1.807) is 12.1 Å². The normalized spacial score (nSPS) is 14.1. The second-order valence-electron chi connectivity index (χ2n) is 4.91. The summed E-state index contributed by atoms with van der Waals surface area (Å²) in [5, 5.41) is 5.11. The molecular weight excluding hydrogens is 274 g/mol. The van der Waals surface area contributed by atoms with Crippen LogP contribution in [0.15, 0.2) is 47.4 Å². The first kappa shape index (κ1) is 13.1. The molecule has 2 N–H and O–H groups in total. The minimum Gasteiger partial charge on any atom is -0.457 e. The van der Waals surface area contributed by atoms with Crippen LogP contribution in [0.1, 0.15) is 17.5 Å². The van der Waals surface area contributed by atoms with Crippen LogP contribution in [0.4, 0.5) is 0 Å². The van der Waals surface area contributed by atoms with Gasteiger partial charge < -0.3 is 4.74 Å². The molecule has 0 saturated carbocycles. The highest BCUT2D eigenvalue weighted by Crippen LogP contribution is 2.29. The molecule has 1 aliphatic rings. The molecule has 2 aromatic carbocycles. The Labute approximate surface area is 118 Å². The lowest BCUT2D eigenvalue weighted by Crippen LogP contribution is -2.11. The van der Waals surface area contributed by atoms with E-state index in [0.29, 0.717) is 5.75 Å². The van der Waals surface area contributed by atoms with E-state index in [2.05, 4.69) is 6.07 Å². The third kappa shape index (κ3) is 2.69. The van der Waals surface area contributed by atoms with Gasteiger partial charge in [-0.25, -0.2) is 13.6 Å². The van der Waals surface area contributed by atoms with Gasteiger partial charge in [-0.15, -0.1) is 0 Å². The van der Waals surface area contributed by atoms with Crippen LogP contribution in [0, 0.1) is 0 Å². The van der Waals surface area contributed by atoms with Crippen molar-refractivity contribution in [1.82, 2.24) is 0 Å². The third-order valence-corrected chi connectivity index (χ3v) is 4.35. The summed E-state index contributed by atoms with van der Waals surface area (Å²) < 4.78 is 28.3. The highest BCUT2D eigenvalue weighted by molar-refractivity contribution is 7.89. The summed E-state index contributed by atoms with van der Waals surface area (Å²) in [6.07, 6.45) is 3.37. The number of nitrogens with two attached hydrogens (primary N) is 1. The summed E-state index contributed by atoms with van der Waals surface area (Å²) in [6.45, 7) is 0. The highest BCUT2D eigenvalue weighted by atomic mass is 32.2. The van der Waals surface area contributed by atoms with Crippen LogP contribution in [-0.2, 0) is 22.9 Å². The molecule has 0 aliphatic heterocycles. The average Bonchev–Trinajstić information content (AvgIpc) is 2.85. The van der Waals surface area contributed by atoms with Gasteiger partial charge in [-0.05, 0) is 54.7 Å². The van der Waals surface area contributed by atoms with Crippen molar-refractivity contribution in [2.75, 3.05) is 0 Å². The standard InChI is InChI=1S/C15H15NO3S/c16-20(17,18)15-6-2-5-13(10-15)19-14-8-7-11-3-1-4-12(11)9-14/h2,5-10H,1,3-4H2,(H2,16,17,18). The summed E-state index contributed by atoms with van der Waals surface area (Å²) in [5.41, 5.74) is 2.68. The Kier molecular flexibility index (Phi) is 3.23. The second kappa shape index (κ2) is 4.92. The van der Waals surface area contributed by atoms with Gasteiger partial charge in [-0.3, -0.25) is 0 Å². The van der Waals surface area contributed by atoms with Crippen LogP contribution in [0.3, 0.4) is 0 Å². The van der Waals surface area contributed by atoms with Gasteiger partial charge in [0.2, 0.25) is 10.0 Å². The number of aryl methyl sites for hydroxylation is 2. The van der Waals surface area contributed by atoms with Crippen LogP contribution >= 0.6 is 0 Å². The molecule has 3 rings (SSSR count). The molecule has 0 saturated heterocycles. The molecule has 0 radical (unpaired) electrons. The Morgan fingerprint density at radius 2 is 1.70 bits per heavy atom. The third-order valence-electron chi connectivity index (χ3n) is 3.44. The lowest BCUT2D eigenvalue weighted by atomic mass is 10.1. The molecule has 4 nitrogen and oxygen atoms in total. The van der Waals surface area contributed by atoms with Gasteiger partial charge in [-0.2, -0.15) is 0 Å². The van der Waals surface area contributed by atoms with Crippen molar-refractivity contribution in [3.63, 3.8) is 0 Å². The van der Waals surface area contributed by atoms with E-state index in [0.717, 1.165) is 18.6 Å². The zero-order valence-electron chi connectivity index (χ0n) is 10.9. The molecule has 104 valence electrons.